The fourth-order valence-electron chi connectivity index (χ4n) is 5.28. The number of aromatic nitrogens is 1. The number of benzene rings is 2. The minimum Gasteiger partial charge on any atom is -0.490 e. The van der Waals surface area contributed by atoms with Gasteiger partial charge in [-0.1, -0.05) is 18.2 Å². The summed E-state index contributed by atoms with van der Waals surface area (Å²) in [4.78, 5) is 20.1. The Kier molecular flexibility index (Phi) is 7.45. The van der Waals surface area contributed by atoms with Crippen LogP contribution in [-0.2, 0) is 6.42 Å². The second-order valence-corrected chi connectivity index (χ2v) is 11.1. The summed E-state index contributed by atoms with van der Waals surface area (Å²) >= 11 is 1.62. The maximum Gasteiger partial charge on any atom is 0.317 e. The highest BCUT2D eigenvalue weighted by Crippen LogP contribution is 2.42. The zero-order valence-electron chi connectivity index (χ0n) is 21.2. The van der Waals surface area contributed by atoms with Gasteiger partial charge in [0.2, 0.25) is 0 Å². The quantitative estimate of drug-likeness (QED) is 0.461. The average Bonchev–Trinajstić information content (AvgIpc) is 3.55. The van der Waals surface area contributed by atoms with E-state index < -0.39 is 6.10 Å². The molecule has 7 nitrogen and oxygen atoms in total. The molecule has 2 N–H and O–H groups in total. The zero-order chi connectivity index (χ0) is 25.9. The van der Waals surface area contributed by atoms with Gasteiger partial charge in [-0.25, -0.2) is 9.78 Å². The van der Waals surface area contributed by atoms with Crippen LogP contribution in [0.2, 0.25) is 0 Å². The molecule has 3 aromatic rings. The Bertz CT molecular complexity index is 1330. The van der Waals surface area contributed by atoms with Crippen molar-refractivity contribution in [2.24, 2.45) is 0 Å². The van der Waals surface area contributed by atoms with E-state index in [4.69, 9.17) is 4.74 Å². The fourth-order valence-corrected chi connectivity index (χ4v) is 6.25. The number of nitriles is 1. The van der Waals surface area contributed by atoms with Gasteiger partial charge in [-0.2, -0.15) is 5.26 Å². The van der Waals surface area contributed by atoms with Crippen molar-refractivity contribution in [3.63, 3.8) is 0 Å². The number of carbonyl (C=O) groups excluding carboxylic acids is 1. The van der Waals surface area contributed by atoms with Crippen molar-refractivity contribution in [3.05, 3.63) is 59.3 Å². The molecule has 5 rings (SSSR count). The molecule has 2 atom stereocenters. The first-order chi connectivity index (χ1) is 17.9. The Balaban J connectivity index is 1.31. The molecule has 1 aliphatic carbocycles. The molecule has 0 saturated carbocycles. The second kappa shape index (κ2) is 10.9. The van der Waals surface area contributed by atoms with Crippen molar-refractivity contribution >= 4 is 17.4 Å². The molecule has 0 unspecified atom stereocenters. The zero-order valence-corrected chi connectivity index (χ0v) is 22.1. The third-order valence-electron chi connectivity index (χ3n) is 7.06. The number of hydrogen-bond acceptors (Lipinski definition) is 6. The lowest BCUT2D eigenvalue weighted by Gasteiger charge is -2.30. The number of carbonyl (C=O) groups is 1. The van der Waals surface area contributed by atoms with Crippen LogP contribution >= 0.6 is 11.3 Å². The fraction of sp³-hybridized carbons (Fsp3) is 0.414. The number of nitrogens with one attached hydrogen (secondary N) is 1. The van der Waals surface area contributed by atoms with Crippen LogP contribution in [0.15, 0.2) is 42.6 Å². The maximum atomic E-state index is 12.6. The Labute approximate surface area is 221 Å². The van der Waals surface area contributed by atoms with Gasteiger partial charge >= 0.3 is 6.03 Å². The summed E-state index contributed by atoms with van der Waals surface area (Å²) in [7, 11) is 0. The highest BCUT2D eigenvalue weighted by atomic mass is 32.1. The van der Waals surface area contributed by atoms with Gasteiger partial charge in [-0.15, -0.1) is 11.3 Å². The Hall–Kier alpha value is -3.41. The topological polar surface area (TPSA) is 98.5 Å². The Morgan fingerprint density at radius 3 is 2.97 bits per heavy atom. The van der Waals surface area contributed by atoms with Crippen LogP contribution in [0.5, 0.6) is 5.75 Å². The highest BCUT2D eigenvalue weighted by molar-refractivity contribution is 7.18. The monoisotopic (exact) mass is 516 g/mol. The van der Waals surface area contributed by atoms with Crippen molar-refractivity contribution in [1.82, 2.24) is 15.2 Å². The van der Waals surface area contributed by atoms with E-state index in [9.17, 15) is 15.2 Å². The van der Waals surface area contributed by atoms with Crippen LogP contribution < -0.4 is 10.1 Å². The number of likely N-dealkylation sites (tertiary alicyclic amines) is 1. The van der Waals surface area contributed by atoms with Gasteiger partial charge in [-0.3, -0.25) is 0 Å². The van der Waals surface area contributed by atoms with Crippen LogP contribution in [-0.4, -0.2) is 52.9 Å². The van der Waals surface area contributed by atoms with Crippen LogP contribution in [0.25, 0.3) is 21.0 Å². The number of fused-ring (bicyclic) bond motifs is 1. The lowest BCUT2D eigenvalue weighted by atomic mass is 9.98. The van der Waals surface area contributed by atoms with Crippen molar-refractivity contribution in [2.75, 3.05) is 19.6 Å². The van der Waals surface area contributed by atoms with E-state index in [-0.39, 0.29) is 18.1 Å². The van der Waals surface area contributed by atoms with E-state index in [0.29, 0.717) is 30.9 Å². The standard InChI is InChI=1S/C29H32N4O3S/c1-18(2)36-26-11-9-19(13-21(26)14-30)28-31-16-27(37-28)25-7-3-6-23-20(8-10-24(23)25)15-32-29(35)33-12-4-5-22(34)17-33/h3,6-7,9,11,13,16,18,20,22,34H,4-5,8,10,12,15,17H2,1-2H3,(H,32,35)/t20-,22+/m1/s1. The smallest absolute Gasteiger partial charge is 0.317 e. The van der Waals surface area contributed by atoms with E-state index in [1.54, 1.807) is 16.2 Å². The number of aliphatic hydroxyl groups excluding tert-OH is 1. The molecule has 1 aromatic heterocycles. The predicted molar refractivity (Wildman–Crippen MR) is 145 cm³/mol. The van der Waals surface area contributed by atoms with Crippen LogP contribution in [0, 0.1) is 11.3 Å². The van der Waals surface area contributed by atoms with Crippen molar-refractivity contribution in [1.29, 1.82) is 5.26 Å². The molecule has 37 heavy (non-hydrogen) atoms. The predicted octanol–water partition coefficient (Wildman–Crippen LogP) is 5.33. The summed E-state index contributed by atoms with van der Waals surface area (Å²) in [5, 5.41) is 23.4. The minimum atomic E-state index is -0.420. The number of β-amino-alcohol motifs (C(OH)–C–C–N with tert-alkyl or cyclic N) is 1. The van der Waals surface area contributed by atoms with Crippen molar-refractivity contribution in [2.45, 2.75) is 57.7 Å². The molecule has 0 bridgehead atoms. The van der Waals surface area contributed by atoms with E-state index in [1.807, 2.05) is 38.2 Å². The van der Waals surface area contributed by atoms with Gasteiger partial charge < -0.3 is 20.1 Å². The van der Waals surface area contributed by atoms with Crippen LogP contribution in [0.4, 0.5) is 4.79 Å². The van der Waals surface area contributed by atoms with E-state index in [1.165, 1.54) is 16.7 Å². The molecule has 1 aliphatic heterocycles. The number of piperidine rings is 1. The number of urea groups is 1. The van der Waals surface area contributed by atoms with Gasteiger partial charge in [0, 0.05) is 37.3 Å². The highest BCUT2D eigenvalue weighted by Gasteiger charge is 2.28. The van der Waals surface area contributed by atoms with Crippen LogP contribution in [0.3, 0.4) is 0 Å². The first-order valence-corrected chi connectivity index (χ1v) is 13.7. The molecule has 2 aromatic carbocycles. The number of thiazole rings is 1. The van der Waals surface area contributed by atoms with Crippen LogP contribution in [0.1, 0.15) is 55.7 Å². The van der Waals surface area contributed by atoms with Gasteiger partial charge in [0.05, 0.1) is 22.6 Å². The van der Waals surface area contributed by atoms with Crippen molar-refractivity contribution < 1.29 is 14.6 Å². The molecule has 1 saturated heterocycles. The van der Waals surface area contributed by atoms with E-state index in [2.05, 4.69) is 34.6 Å². The summed E-state index contributed by atoms with van der Waals surface area (Å²) in [6.45, 7) is 5.59. The molecular weight excluding hydrogens is 484 g/mol. The number of nitrogens with zero attached hydrogens (tertiary/aromatic N) is 3. The summed E-state index contributed by atoms with van der Waals surface area (Å²) in [6, 6.07) is 14.2. The van der Waals surface area contributed by atoms with Gasteiger partial charge in [0.15, 0.2) is 0 Å². The third-order valence-corrected chi connectivity index (χ3v) is 8.14. The van der Waals surface area contributed by atoms with Gasteiger partial charge in [0.1, 0.15) is 16.8 Å². The molecule has 192 valence electrons. The maximum absolute atomic E-state index is 12.6. The average molecular weight is 517 g/mol. The number of ether oxygens (including phenoxy) is 1. The molecular formula is C29H32N4O3S. The number of amides is 2. The second-order valence-electron chi connectivity index (χ2n) is 10.1. The molecule has 0 radical (unpaired) electrons. The number of aliphatic hydroxyl groups is 1. The first kappa shape index (κ1) is 25.2. The van der Waals surface area contributed by atoms with Gasteiger partial charge in [0.25, 0.3) is 0 Å². The summed E-state index contributed by atoms with van der Waals surface area (Å²) < 4.78 is 5.76. The molecule has 8 heteroatoms. The first-order valence-electron chi connectivity index (χ1n) is 12.9. The lowest BCUT2D eigenvalue weighted by molar-refractivity contribution is 0.0842. The summed E-state index contributed by atoms with van der Waals surface area (Å²) in [5.41, 5.74) is 5.21. The largest absolute Gasteiger partial charge is 0.490 e. The normalized spacial score (nSPS) is 18.9. The van der Waals surface area contributed by atoms with Gasteiger partial charge in [-0.05, 0) is 74.4 Å². The Morgan fingerprint density at radius 1 is 1.32 bits per heavy atom. The minimum absolute atomic E-state index is 0.000552. The van der Waals surface area contributed by atoms with E-state index >= 15 is 0 Å². The lowest BCUT2D eigenvalue weighted by Crippen LogP contribution is -2.47. The van der Waals surface area contributed by atoms with Crippen molar-refractivity contribution in [3.8, 4) is 32.8 Å². The third kappa shape index (κ3) is 5.48. The summed E-state index contributed by atoms with van der Waals surface area (Å²) in [6.07, 6.45) is 5.05. The molecule has 1 fully saturated rings. The molecule has 2 amide bonds. The molecule has 0 spiro atoms. The van der Waals surface area contributed by atoms with E-state index in [0.717, 1.165) is 41.1 Å². The Morgan fingerprint density at radius 2 is 2.19 bits per heavy atom. The SMILES string of the molecule is CC(C)Oc1ccc(-c2ncc(-c3cccc4c3CC[C@@H]4CNC(=O)N3CCC[C@H](O)C3)s2)cc1C#N. The summed E-state index contributed by atoms with van der Waals surface area (Å²) in [5.74, 6) is 0.862. The molecule has 2 heterocycles. The molecule has 2 aliphatic rings. The number of hydrogen-bond donors (Lipinski definition) is 2. The number of rotatable bonds is 6.